The lowest BCUT2D eigenvalue weighted by Crippen LogP contribution is -2.05. The largest absolute Gasteiger partial charge is 0.481 e. The van der Waals surface area contributed by atoms with E-state index in [-0.39, 0.29) is 0 Å². The van der Waals surface area contributed by atoms with Crippen LogP contribution in [0.3, 0.4) is 0 Å². The molecule has 0 radical (unpaired) electrons. The van der Waals surface area contributed by atoms with E-state index < -0.39 is 0 Å². The smallest absolute Gasteiger partial charge is 0.217 e. The average molecular weight is 178 g/mol. The van der Waals surface area contributed by atoms with Crippen LogP contribution in [0.4, 0.5) is 0 Å². The molecular weight excluding hydrogens is 164 g/mol. The van der Waals surface area contributed by atoms with Crippen LogP contribution < -0.4 is 10.5 Å². The van der Waals surface area contributed by atoms with Crippen LogP contribution in [0.15, 0.2) is 12.3 Å². The molecule has 3 heteroatoms. The fourth-order valence-corrected chi connectivity index (χ4v) is 1.65. The minimum absolute atomic E-state index is 0.517. The van der Waals surface area contributed by atoms with E-state index in [9.17, 15) is 0 Å². The van der Waals surface area contributed by atoms with Crippen molar-refractivity contribution in [3.63, 3.8) is 0 Å². The third kappa shape index (κ3) is 1.52. The number of rotatable bonds is 3. The van der Waals surface area contributed by atoms with Gasteiger partial charge in [-0.1, -0.05) is 0 Å². The average Bonchev–Trinajstić information content (AvgIpc) is 2.99. The number of aromatic nitrogens is 1. The summed E-state index contributed by atoms with van der Waals surface area (Å²) in [6, 6.07) is 2.06. The molecule has 0 unspecified atom stereocenters. The van der Waals surface area contributed by atoms with Gasteiger partial charge >= 0.3 is 0 Å². The molecule has 0 aliphatic heterocycles. The van der Waals surface area contributed by atoms with Crippen LogP contribution in [0.25, 0.3) is 0 Å². The highest BCUT2D eigenvalue weighted by atomic mass is 16.5. The van der Waals surface area contributed by atoms with Crippen molar-refractivity contribution in [1.82, 2.24) is 4.98 Å². The summed E-state index contributed by atoms with van der Waals surface area (Å²) in [5.74, 6) is 1.39. The van der Waals surface area contributed by atoms with Crippen LogP contribution in [0.5, 0.6) is 5.88 Å². The lowest BCUT2D eigenvalue weighted by molar-refractivity contribution is 0.392. The molecule has 0 spiro atoms. The molecule has 13 heavy (non-hydrogen) atoms. The zero-order chi connectivity index (χ0) is 9.26. The molecule has 0 amide bonds. The summed E-state index contributed by atoms with van der Waals surface area (Å²) >= 11 is 0. The number of hydrogen-bond acceptors (Lipinski definition) is 3. The minimum atomic E-state index is 0.517. The van der Waals surface area contributed by atoms with E-state index in [1.54, 1.807) is 13.3 Å². The van der Waals surface area contributed by atoms with Gasteiger partial charge in [0.2, 0.25) is 5.88 Å². The maximum absolute atomic E-state index is 5.67. The Balaban J connectivity index is 2.41. The van der Waals surface area contributed by atoms with E-state index >= 15 is 0 Å². The number of nitrogens with zero attached hydrogens (tertiary/aromatic N) is 1. The van der Waals surface area contributed by atoms with Crippen molar-refractivity contribution < 1.29 is 4.74 Å². The van der Waals surface area contributed by atoms with Crippen LogP contribution >= 0.6 is 0 Å². The van der Waals surface area contributed by atoms with Crippen LogP contribution in [0.2, 0.25) is 0 Å². The standard InChI is InChI=1S/C10H14N2O/c1-13-10-9(6-11)8(4-5-12-10)7-2-3-7/h4-5,7H,2-3,6,11H2,1H3. The maximum Gasteiger partial charge on any atom is 0.217 e. The molecule has 0 aromatic carbocycles. The van der Waals surface area contributed by atoms with Crippen LogP contribution in [-0.2, 0) is 6.54 Å². The van der Waals surface area contributed by atoms with Crippen molar-refractivity contribution in [1.29, 1.82) is 0 Å². The molecule has 3 nitrogen and oxygen atoms in total. The Kier molecular flexibility index (Phi) is 2.19. The Bertz CT molecular complexity index is 308. The van der Waals surface area contributed by atoms with Crippen LogP contribution in [0.1, 0.15) is 29.9 Å². The van der Waals surface area contributed by atoms with Crippen molar-refractivity contribution >= 4 is 0 Å². The van der Waals surface area contributed by atoms with Gasteiger partial charge in [-0.2, -0.15) is 0 Å². The lowest BCUT2D eigenvalue weighted by Gasteiger charge is -2.09. The predicted octanol–water partition coefficient (Wildman–Crippen LogP) is 1.43. The number of hydrogen-bond donors (Lipinski definition) is 1. The second-order valence-corrected chi connectivity index (χ2v) is 3.37. The number of ether oxygens (including phenoxy) is 1. The van der Waals surface area contributed by atoms with Crippen molar-refractivity contribution in [3.8, 4) is 5.88 Å². The third-order valence-electron chi connectivity index (χ3n) is 2.47. The quantitative estimate of drug-likeness (QED) is 0.761. The number of nitrogens with two attached hydrogens (primary N) is 1. The molecule has 1 aromatic heterocycles. The van der Waals surface area contributed by atoms with E-state index in [2.05, 4.69) is 11.1 Å². The summed E-state index contributed by atoms with van der Waals surface area (Å²) in [6.45, 7) is 0.517. The Morgan fingerprint density at radius 3 is 2.92 bits per heavy atom. The minimum Gasteiger partial charge on any atom is -0.481 e. The van der Waals surface area contributed by atoms with Crippen LogP contribution in [0, 0.1) is 0 Å². The topological polar surface area (TPSA) is 48.1 Å². The molecule has 0 atom stereocenters. The molecular formula is C10H14N2O. The first-order chi connectivity index (χ1) is 6.36. The molecule has 70 valence electrons. The summed E-state index contributed by atoms with van der Waals surface area (Å²) in [7, 11) is 1.64. The van der Waals surface area contributed by atoms with Gasteiger partial charge < -0.3 is 10.5 Å². The second-order valence-electron chi connectivity index (χ2n) is 3.37. The van der Waals surface area contributed by atoms with Gasteiger partial charge in [-0.15, -0.1) is 0 Å². The van der Waals surface area contributed by atoms with E-state index in [4.69, 9.17) is 10.5 Å². The Hall–Kier alpha value is -1.09. The normalized spacial score (nSPS) is 15.8. The lowest BCUT2D eigenvalue weighted by atomic mass is 10.1. The predicted molar refractivity (Wildman–Crippen MR) is 50.7 cm³/mol. The van der Waals surface area contributed by atoms with Gasteiger partial charge in [-0.05, 0) is 30.4 Å². The summed E-state index contributed by atoms with van der Waals surface area (Å²) in [5.41, 5.74) is 8.08. The molecule has 1 aromatic rings. The van der Waals surface area contributed by atoms with Gasteiger partial charge in [-0.25, -0.2) is 4.98 Å². The third-order valence-corrected chi connectivity index (χ3v) is 2.47. The Morgan fingerprint density at radius 1 is 1.62 bits per heavy atom. The monoisotopic (exact) mass is 178 g/mol. The van der Waals surface area contributed by atoms with E-state index in [1.165, 1.54) is 18.4 Å². The molecule has 0 bridgehead atoms. The molecule has 1 saturated carbocycles. The van der Waals surface area contributed by atoms with Gasteiger partial charge in [0, 0.05) is 18.3 Å². The summed E-state index contributed by atoms with van der Waals surface area (Å²) < 4.78 is 5.16. The first-order valence-electron chi connectivity index (χ1n) is 4.58. The Morgan fingerprint density at radius 2 is 2.38 bits per heavy atom. The summed E-state index contributed by atoms with van der Waals surface area (Å²) in [4.78, 5) is 4.14. The fraction of sp³-hybridized carbons (Fsp3) is 0.500. The van der Waals surface area contributed by atoms with Gasteiger partial charge in [0.25, 0.3) is 0 Å². The second kappa shape index (κ2) is 3.34. The molecule has 2 rings (SSSR count). The van der Waals surface area contributed by atoms with E-state index in [0.717, 1.165) is 5.56 Å². The highest BCUT2D eigenvalue weighted by molar-refractivity contribution is 5.38. The molecule has 1 fully saturated rings. The first-order valence-corrected chi connectivity index (χ1v) is 4.58. The molecule has 1 aliphatic rings. The van der Waals surface area contributed by atoms with E-state index in [1.807, 2.05) is 0 Å². The number of methoxy groups -OCH3 is 1. The SMILES string of the molecule is COc1nccc(C2CC2)c1CN. The molecule has 0 saturated heterocycles. The van der Waals surface area contributed by atoms with Crippen molar-refractivity contribution in [3.05, 3.63) is 23.4 Å². The molecule has 2 N–H and O–H groups in total. The van der Waals surface area contributed by atoms with Crippen molar-refractivity contribution in [2.45, 2.75) is 25.3 Å². The van der Waals surface area contributed by atoms with E-state index in [0.29, 0.717) is 18.3 Å². The Labute approximate surface area is 77.9 Å². The van der Waals surface area contributed by atoms with Crippen molar-refractivity contribution in [2.75, 3.05) is 7.11 Å². The fourth-order valence-electron chi connectivity index (χ4n) is 1.65. The van der Waals surface area contributed by atoms with Crippen molar-refractivity contribution in [2.24, 2.45) is 5.73 Å². The number of pyridine rings is 1. The van der Waals surface area contributed by atoms with Gasteiger partial charge in [0.05, 0.1) is 7.11 Å². The zero-order valence-electron chi connectivity index (χ0n) is 7.79. The van der Waals surface area contributed by atoms with Gasteiger partial charge in [0.15, 0.2) is 0 Å². The highest BCUT2D eigenvalue weighted by Gasteiger charge is 2.27. The maximum atomic E-state index is 5.67. The van der Waals surface area contributed by atoms with Gasteiger partial charge in [-0.3, -0.25) is 0 Å². The summed E-state index contributed by atoms with van der Waals surface area (Å²) in [5, 5.41) is 0. The molecule has 1 heterocycles. The zero-order valence-corrected chi connectivity index (χ0v) is 7.79. The highest BCUT2D eigenvalue weighted by Crippen LogP contribution is 2.42. The summed E-state index contributed by atoms with van der Waals surface area (Å²) in [6.07, 6.45) is 4.35. The van der Waals surface area contributed by atoms with Gasteiger partial charge in [0.1, 0.15) is 0 Å². The van der Waals surface area contributed by atoms with Crippen LogP contribution in [-0.4, -0.2) is 12.1 Å². The first kappa shape index (κ1) is 8.51. The molecule has 1 aliphatic carbocycles.